The van der Waals surface area contributed by atoms with Gasteiger partial charge in [0.15, 0.2) is 0 Å². The lowest BCUT2D eigenvalue weighted by atomic mass is 9.84. The molecule has 0 N–H and O–H groups in total. The van der Waals surface area contributed by atoms with Gasteiger partial charge in [0, 0.05) is 21.5 Å². The van der Waals surface area contributed by atoms with E-state index in [1.165, 1.54) is 120 Å². The Morgan fingerprint density at radius 1 is 0.246 bits per heavy atom. The highest BCUT2D eigenvalue weighted by molar-refractivity contribution is 6.38. The van der Waals surface area contributed by atoms with Crippen LogP contribution >= 0.6 is 0 Å². The summed E-state index contributed by atoms with van der Waals surface area (Å²) >= 11 is 0. The number of rotatable bonds is 4. The lowest BCUT2D eigenvalue weighted by Crippen LogP contribution is -1.92. The van der Waals surface area contributed by atoms with Gasteiger partial charge in [-0.25, -0.2) is 0 Å². The Morgan fingerprint density at radius 2 is 0.772 bits per heavy atom. The van der Waals surface area contributed by atoms with Gasteiger partial charge in [0.25, 0.3) is 0 Å². The van der Waals surface area contributed by atoms with Crippen molar-refractivity contribution in [1.82, 2.24) is 0 Å². The molecule has 13 aromatic rings. The molecule has 0 aliphatic heterocycles. The minimum atomic E-state index is 0.929. The summed E-state index contributed by atoms with van der Waals surface area (Å²) in [5.74, 6) is 0. The first-order valence-corrected chi connectivity index (χ1v) is 19.7. The van der Waals surface area contributed by atoms with E-state index in [0.717, 1.165) is 11.2 Å². The lowest BCUT2D eigenvalue weighted by molar-refractivity contribution is 0.673. The fourth-order valence-corrected chi connectivity index (χ4v) is 10.0. The van der Waals surface area contributed by atoms with Crippen molar-refractivity contribution >= 4 is 86.6 Å². The second-order valence-corrected chi connectivity index (χ2v) is 15.5. The molecular formula is C56H32O. The Bertz CT molecular complexity index is 3660. The van der Waals surface area contributed by atoms with Crippen LogP contribution in [0.1, 0.15) is 0 Å². The minimum Gasteiger partial charge on any atom is -0.455 e. The summed E-state index contributed by atoms with van der Waals surface area (Å²) in [6.45, 7) is 0. The zero-order chi connectivity index (χ0) is 37.2. The molecule has 1 heteroatoms. The van der Waals surface area contributed by atoms with Crippen molar-refractivity contribution in [3.05, 3.63) is 194 Å². The summed E-state index contributed by atoms with van der Waals surface area (Å²) < 4.78 is 6.67. The summed E-state index contributed by atoms with van der Waals surface area (Å²) in [6, 6.07) is 71.6. The first kappa shape index (κ1) is 30.8. The highest BCUT2D eigenvalue weighted by Gasteiger charge is 2.22. The van der Waals surface area contributed by atoms with Gasteiger partial charge in [0.05, 0.1) is 0 Å². The molecule has 0 aliphatic rings. The molecule has 0 saturated carbocycles. The average molecular weight is 721 g/mol. The van der Waals surface area contributed by atoms with Gasteiger partial charge < -0.3 is 4.42 Å². The van der Waals surface area contributed by atoms with Crippen LogP contribution in [0.25, 0.3) is 131 Å². The van der Waals surface area contributed by atoms with Crippen molar-refractivity contribution in [1.29, 1.82) is 0 Å². The van der Waals surface area contributed by atoms with E-state index in [9.17, 15) is 0 Å². The molecule has 0 amide bonds. The third-order valence-electron chi connectivity index (χ3n) is 12.5. The molecule has 0 fully saturated rings. The first-order valence-electron chi connectivity index (χ1n) is 19.7. The SMILES string of the molecule is c1ccc(-c2cc(-c3ccccc3)cc(-c3ccc4ccc5c(-c6cc7cccc8c9c%10ccccc%10oc9c9cccc6c9c78)ccc6ccc3c4c65)c2)cc1. The molecule has 0 bridgehead atoms. The van der Waals surface area contributed by atoms with Crippen molar-refractivity contribution in [2.24, 2.45) is 0 Å². The fraction of sp³-hybridized carbons (Fsp3) is 0. The Kier molecular flexibility index (Phi) is 6.23. The van der Waals surface area contributed by atoms with Crippen molar-refractivity contribution in [2.45, 2.75) is 0 Å². The van der Waals surface area contributed by atoms with E-state index < -0.39 is 0 Å². The van der Waals surface area contributed by atoms with Gasteiger partial charge in [-0.3, -0.25) is 0 Å². The number of benzene rings is 12. The van der Waals surface area contributed by atoms with Gasteiger partial charge >= 0.3 is 0 Å². The van der Waals surface area contributed by atoms with Crippen LogP contribution < -0.4 is 0 Å². The monoisotopic (exact) mass is 720 g/mol. The predicted molar refractivity (Wildman–Crippen MR) is 243 cm³/mol. The maximum Gasteiger partial charge on any atom is 0.143 e. The maximum absolute atomic E-state index is 6.67. The third-order valence-corrected chi connectivity index (χ3v) is 12.5. The topological polar surface area (TPSA) is 13.1 Å². The van der Waals surface area contributed by atoms with Gasteiger partial charge in [-0.05, 0) is 129 Å². The predicted octanol–water partition coefficient (Wildman–Crippen LogP) is 16.0. The summed E-state index contributed by atoms with van der Waals surface area (Å²) in [5, 5.41) is 17.6. The van der Waals surface area contributed by atoms with Crippen molar-refractivity contribution in [2.75, 3.05) is 0 Å². The molecular weight excluding hydrogens is 689 g/mol. The van der Waals surface area contributed by atoms with Gasteiger partial charge in [0.2, 0.25) is 0 Å². The van der Waals surface area contributed by atoms with Crippen molar-refractivity contribution in [3.63, 3.8) is 0 Å². The molecule has 1 nitrogen and oxygen atoms in total. The molecule has 0 radical (unpaired) electrons. The minimum absolute atomic E-state index is 0.929. The summed E-state index contributed by atoms with van der Waals surface area (Å²) in [5.41, 5.74) is 11.7. The van der Waals surface area contributed by atoms with Gasteiger partial charge in [-0.1, -0.05) is 164 Å². The fourth-order valence-electron chi connectivity index (χ4n) is 10.0. The van der Waals surface area contributed by atoms with E-state index in [1.807, 2.05) is 0 Å². The standard InChI is InChI=1S/C56H32O/c1-3-11-33(12-4-1)38-29-39(34-13-5-2-6-14-34)31-40(30-38)41-25-21-35-24-28-45-42(26-22-36-23-27-44(41)51(35)52(36)45)49-32-37-15-9-18-47-53(37)54-43(49)17-10-19-48(54)56-55(47)46-16-7-8-20-50(46)57-56/h1-32H. The number of hydrogen-bond acceptors (Lipinski definition) is 1. The molecule has 262 valence electrons. The number of fused-ring (bicyclic) bond motifs is 5. The largest absolute Gasteiger partial charge is 0.455 e. The van der Waals surface area contributed by atoms with E-state index in [4.69, 9.17) is 4.42 Å². The van der Waals surface area contributed by atoms with Crippen molar-refractivity contribution < 1.29 is 4.42 Å². The summed E-state index contributed by atoms with van der Waals surface area (Å²) in [4.78, 5) is 0. The molecule has 0 unspecified atom stereocenters. The smallest absolute Gasteiger partial charge is 0.143 e. The normalized spacial score (nSPS) is 12.2. The van der Waals surface area contributed by atoms with Gasteiger partial charge in [-0.2, -0.15) is 0 Å². The van der Waals surface area contributed by atoms with E-state index >= 15 is 0 Å². The van der Waals surface area contributed by atoms with E-state index in [0.29, 0.717) is 0 Å². The summed E-state index contributed by atoms with van der Waals surface area (Å²) in [6.07, 6.45) is 0. The number of para-hydroxylation sites is 1. The zero-order valence-corrected chi connectivity index (χ0v) is 30.9. The number of furan rings is 1. The third kappa shape index (κ3) is 4.34. The van der Waals surface area contributed by atoms with Crippen LogP contribution in [0.15, 0.2) is 199 Å². The molecule has 13 rings (SSSR count). The van der Waals surface area contributed by atoms with Crippen LogP contribution in [-0.4, -0.2) is 0 Å². The molecule has 0 saturated heterocycles. The maximum atomic E-state index is 6.67. The van der Waals surface area contributed by atoms with Crippen LogP contribution in [-0.2, 0) is 0 Å². The van der Waals surface area contributed by atoms with Crippen LogP contribution in [0.2, 0.25) is 0 Å². The average Bonchev–Trinajstić information content (AvgIpc) is 3.68. The Labute approximate surface area is 328 Å². The second kappa shape index (κ2) is 11.5. The van der Waals surface area contributed by atoms with Gasteiger partial charge in [-0.15, -0.1) is 0 Å². The van der Waals surface area contributed by atoms with E-state index in [2.05, 4.69) is 194 Å². The molecule has 1 heterocycles. The quantitative estimate of drug-likeness (QED) is 0.165. The Balaban J connectivity index is 1.08. The molecule has 12 aromatic carbocycles. The zero-order valence-electron chi connectivity index (χ0n) is 30.9. The molecule has 57 heavy (non-hydrogen) atoms. The van der Waals surface area contributed by atoms with E-state index in [-0.39, 0.29) is 0 Å². The molecule has 0 atom stereocenters. The lowest BCUT2D eigenvalue weighted by Gasteiger charge is -2.19. The van der Waals surface area contributed by atoms with Crippen LogP contribution in [0.3, 0.4) is 0 Å². The Hall–Kier alpha value is -7.48. The molecule has 0 spiro atoms. The van der Waals surface area contributed by atoms with Gasteiger partial charge in [0.1, 0.15) is 11.2 Å². The van der Waals surface area contributed by atoms with Crippen LogP contribution in [0.4, 0.5) is 0 Å². The molecule has 0 aliphatic carbocycles. The first-order chi connectivity index (χ1) is 28.3. The van der Waals surface area contributed by atoms with Crippen LogP contribution in [0.5, 0.6) is 0 Å². The van der Waals surface area contributed by atoms with Crippen LogP contribution in [0, 0.1) is 0 Å². The van der Waals surface area contributed by atoms with Crippen molar-refractivity contribution in [3.8, 4) is 44.5 Å². The summed E-state index contributed by atoms with van der Waals surface area (Å²) in [7, 11) is 0. The molecule has 1 aromatic heterocycles. The number of hydrogen-bond donors (Lipinski definition) is 0. The second-order valence-electron chi connectivity index (χ2n) is 15.5. The van der Waals surface area contributed by atoms with E-state index in [1.54, 1.807) is 0 Å². The highest BCUT2D eigenvalue weighted by atomic mass is 16.3. The highest BCUT2D eigenvalue weighted by Crippen LogP contribution is 2.49. The Morgan fingerprint density at radius 3 is 1.51 bits per heavy atom.